The maximum absolute atomic E-state index is 13.0. The van der Waals surface area contributed by atoms with Gasteiger partial charge in [-0.3, -0.25) is 48.3 Å². The molecule has 0 bridgehead atoms. The number of aliphatic carboxylic acids is 3. The Morgan fingerprint density at radius 2 is 1.47 bits per heavy atom. The van der Waals surface area contributed by atoms with Gasteiger partial charge in [0, 0.05) is 104 Å². The fourth-order valence-electron chi connectivity index (χ4n) is 7.41. The molecule has 0 aromatic carbocycles. The molecule has 23 heteroatoms. The van der Waals surface area contributed by atoms with Crippen LogP contribution >= 0.6 is 11.6 Å². The summed E-state index contributed by atoms with van der Waals surface area (Å²) in [5.41, 5.74) is 1.14. The van der Waals surface area contributed by atoms with E-state index in [0.717, 1.165) is 19.3 Å². The van der Waals surface area contributed by atoms with Crippen LogP contribution < -0.4 is 15.4 Å². The van der Waals surface area contributed by atoms with Crippen LogP contribution in [0, 0.1) is 5.92 Å². The van der Waals surface area contributed by atoms with Gasteiger partial charge in [-0.05, 0) is 25.3 Å². The van der Waals surface area contributed by atoms with Crippen LogP contribution in [0.5, 0.6) is 5.88 Å². The third-order valence-corrected chi connectivity index (χ3v) is 11.0. The lowest BCUT2D eigenvalue weighted by atomic mass is 10.1. The lowest BCUT2D eigenvalue weighted by Crippen LogP contribution is -2.49. The molecule has 2 amide bonds. The standard InChI is InChI=1S/C39H57ClN12O10/c1-3-32(54)51-19-27(30(21-51)61-2)26-62-38-36-29(40)18-42-37(36)45-39(46-38)44-28-17-43-52(20-28)8-6-4-5-7-41-31(53)22-47-9-11-48(23-33(55)56)13-15-50(25-35(59)60)16-14-49(12-10-47)24-34(57)58/h3,17-18,20,27,30H,1,4-16,19,21-26H2,2H3,(H,41,53)(H,55,56)(H,57,58)(H,59,60)(H2,42,44,45,46)/t27-,30+/m1/s1. The zero-order valence-electron chi connectivity index (χ0n) is 34.9. The van der Waals surface area contributed by atoms with E-state index in [1.807, 2.05) is 11.1 Å². The van der Waals surface area contributed by atoms with E-state index >= 15 is 0 Å². The number of hydrogen-bond acceptors (Lipinski definition) is 15. The number of methoxy groups -OCH3 is 1. The molecule has 2 fully saturated rings. The quantitative estimate of drug-likeness (QED) is 0.0623. The second-order valence-corrected chi connectivity index (χ2v) is 15.7. The van der Waals surface area contributed by atoms with Crippen molar-refractivity contribution < 1.29 is 48.8 Å². The first-order valence-electron chi connectivity index (χ1n) is 20.5. The number of nitrogens with zero attached hydrogens (tertiary/aromatic N) is 9. The number of aromatic nitrogens is 5. The summed E-state index contributed by atoms with van der Waals surface area (Å²) in [7, 11) is 1.60. The number of aromatic amines is 1. The summed E-state index contributed by atoms with van der Waals surface area (Å²) in [6.07, 6.45) is 8.53. The molecule has 2 saturated heterocycles. The molecule has 6 N–H and O–H groups in total. The number of ether oxygens (including phenoxy) is 2. The minimum absolute atomic E-state index is 0.0585. The molecule has 62 heavy (non-hydrogen) atoms. The second kappa shape index (κ2) is 23.7. The van der Waals surface area contributed by atoms with Gasteiger partial charge in [-0.15, -0.1) is 0 Å². The summed E-state index contributed by atoms with van der Waals surface area (Å²) >= 11 is 6.46. The zero-order valence-corrected chi connectivity index (χ0v) is 35.7. The molecule has 0 unspecified atom stereocenters. The number of H-pyrrole nitrogens is 1. The summed E-state index contributed by atoms with van der Waals surface area (Å²) in [6.45, 7) is 7.75. The van der Waals surface area contributed by atoms with Crippen LogP contribution in [-0.2, 0) is 35.3 Å². The van der Waals surface area contributed by atoms with Crippen molar-refractivity contribution >= 4 is 64.0 Å². The smallest absolute Gasteiger partial charge is 0.317 e. The number of carboxylic acids is 3. The minimum atomic E-state index is -1.02. The molecule has 3 aromatic rings. The van der Waals surface area contributed by atoms with E-state index < -0.39 is 17.9 Å². The highest BCUT2D eigenvalue weighted by Crippen LogP contribution is 2.32. The third-order valence-electron chi connectivity index (χ3n) is 10.7. The second-order valence-electron chi connectivity index (χ2n) is 15.3. The molecule has 2 aliphatic rings. The molecule has 0 spiro atoms. The van der Waals surface area contributed by atoms with Gasteiger partial charge in [0.15, 0.2) is 0 Å². The summed E-state index contributed by atoms with van der Waals surface area (Å²) < 4.78 is 13.6. The lowest BCUT2D eigenvalue weighted by Gasteiger charge is -2.32. The van der Waals surface area contributed by atoms with Crippen molar-refractivity contribution in [3.63, 3.8) is 0 Å². The predicted molar refractivity (Wildman–Crippen MR) is 226 cm³/mol. The normalized spacial score (nSPS) is 18.8. The maximum atomic E-state index is 13.0. The predicted octanol–water partition coefficient (Wildman–Crippen LogP) is 0.352. The molecular weight excluding hydrogens is 832 g/mol. The monoisotopic (exact) mass is 888 g/mol. The lowest BCUT2D eigenvalue weighted by molar-refractivity contribution is -0.140. The number of aryl methyl sites for hydroxylation is 1. The van der Waals surface area contributed by atoms with E-state index in [0.29, 0.717) is 100 Å². The average molecular weight is 889 g/mol. The van der Waals surface area contributed by atoms with Crippen molar-refractivity contribution in [3.05, 3.63) is 36.3 Å². The number of rotatable bonds is 21. The van der Waals surface area contributed by atoms with Gasteiger partial charge in [-0.2, -0.15) is 15.1 Å². The number of nitrogens with one attached hydrogen (secondary N) is 3. The highest BCUT2D eigenvalue weighted by molar-refractivity contribution is 6.35. The van der Waals surface area contributed by atoms with Gasteiger partial charge >= 0.3 is 17.9 Å². The van der Waals surface area contributed by atoms with E-state index in [4.69, 9.17) is 21.1 Å². The zero-order chi connectivity index (χ0) is 44.6. The Hall–Kier alpha value is -5.39. The Bertz CT molecular complexity index is 1970. The van der Waals surface area contributed by atoms with Gasteiger partial charge in [-0.25, -0.2) is 0 Å². The summed E-state index contributed by atoms with van der Waals surface area (Å²) in [5.74, 6) is -2.95. The number of carbonyl (C=O) groups excluding carboxylic acids is 2. The van der Waals surface area contributed by atoms with Crippen LogP contribution in [0.4, 0.5) is 11.6 Å². The van der Waals surface area contributed by atoms with Crippen LogP contribution in [0.1, 0.15) is 19.3 Å². The number of fused-ring (bicyclic) bond motifs is 1. The number of carbonyl (C=O) groups is 5. The van der Waals surface area contributed by atoms with E-state index in [-0.39, 0.29) is 68.5 Å². The first kappa shape index (κ1) is 47.7. The number of carboxylic acid groups (broad SMARTS) is 3. The molecule has 5 heterocycles. The number of anilines is 2. The van der Waals surface area contributed by atoms with Crippen molar-refractivity contribution in [3.8, 4) is 5.88 Å². The van der Waals surface area contributed by atoms with Crippen LogP contribution in [0.25, 0.3) is 11.0 Å². The molecule has 0 saturated carbocycles. The van der Waals surface area contributed by atoms with Crippen LogP contribution in [-0.4, -0.2) is 212 Å². The SMILES string of the molecule is C=CC(=O)N1C[C@H](COc2nc(Nc3cnn(CCCCCNC(=O)CN4CCN(CC(=O)O)CCN(CC(=O)O)CCN(CC(=O)O)CC4)c3)nc3[nH]cc(Cl)c23)[C@@H](OC)C1. The number of hydrogen-bond donors (Lipinski definition) is 6. The molecule has 2 atom stereocenters. The van der Waals surface area contributed by atoms with Gasteiger partial charge in [0.1, 0.15) is 5.65 Å². The first-order valence-corrected chi connectivity index (χ1v) is 20.9. The van der Waals surface area contributed by atoms with Crippen LogP contribution in [0.3, 0.4) is 0 Å². The number of halogens is 1. The van der Waals surface area contributed by atoms with Crippen molar-refractivity contribution in [2.24, 2.45) is 5.92 Å². The molecule has 5 rings (SSSR count). The Morgan fingerprint density at radius 1 is 0.871 bits per heavy atom. The highest BCUT2D eigenvalue weighted by atomic mass is 35.5. The first-order chi connectivity index (χ1) is 29.8. The third kappa shape index (κ3) is 14.9. The molecule has 340 valence electrons. The summed E-state index contributed by atoms with van der Waals surface area (Å²) in [4.78, 5) is 80.7. The average Bonchev–Trinajstić information content (AvgIpc) is 3.96. The molecule has 0 radical (unpaired) electrons. The highest BCUT2D eigenvalue weighted by Gasteiger charge is 2.35. The molecule has 0 aliphatic carbocycles. The largest absolute Gasteiger partial charge is 0.480 e. The Morgan fingerprint density at radius 3 is 2.03 bits per heavy atom. The van der Waals surface area contributed by atoms with Gasteiger partial charge in [-0.1, -0.05) is 18.2 Å². The van der Waals surface area contributed by atoms with Crippen LogP contribution in [0.2, 0.25) is 5.02 Å². The Labute approximate surface area is 363 Å². The van der Waals surface area contributed by atoms with Crippen LogP contribution in [0.15, 0.2) is 31.2 Å². The van der Waals surface area contributed by atoms with Crippen molar-refractivity contribution in [1.82, 2.24) is 54.5 Å². The van der Waals surface area contributed by atoms with E-state index in [9.17, 15) is 39.3 Å². The van der Waals surface area contributed by atoms with Crippen molar-refractivity contribution in [2.45, 2.75) is 31.9 Å². The van der Waals surface area contributed by atoms with Gasteiger partial charge < -0.3 is 45.3 Å². The molecular formula is C39H57ClN12O10. The van der Waals surface area contributed by atoms with Crippen molar-refractivity contribution in [1.29, 1.82) is 0 Å². The number of amides is 2. The fourth-order valence-corrected chi connectivity index (χ4v) is 7.64. The Kier molecular flexibility index (Phi) is 18.2. The van der Waals surface area contributed by atoms with E-state index in [1.165, 1.54) is 6.08 Å². The minimum Gasteiger partial charge on any atom is -0.480 e. The van der Waals surface area contributed by atoms with Gasteiger partial charge in [0.2, 0.25) is 23.6 Å². The number of likely N-dealkylation sites (tertiary alicyclic amines) is 1. The maximum Gasteiger partial charge on any atom is 0.317 e. The molecule has 2 aliphatic heterocycles. The van der Waals surface area contributed by atoms with E-state index in [1.54, 1.807) is 43.8 Å². The molecule has 3 aromatic heterocycles. The van der Waals surface area contributed by atoms with Gasteiger partial charge in [0.25, 0.3) is 0 Å². The topological polar surface area (TPSA) is 264 Å². The fraction of sp³-hybridized carbons (Fsp3) is 0.590. The summed E-state index contributed by atoms with van der Waals surface area (Å²) in [5, 5.41) is 39.8. The summed E-state index contributed by atoms with van der Waals surface area (Å²) in [6, 6.07) is 0. The molecule has 22 nitrogen and oxygen atoms in total. The van der Waals surface area contributed by atoms with Crippen molar-refractivity contribution in [2.75, 3.05) is 117 Å². The Balaban J connectivity index is 1.07. The van der Waals surface area contributed by atoms with E-state index in [2.05, 4.69) is 37.3 Å². The number of unbranched alkanes of at least 4 members (excludes halogenated alkanes) is 2. The van der Waals surface area contributed by atoms with Gasteiger partial charge in [0.05, 0.1) is 61.2 Å².